The first kappa shape index (κ1) is 19.5. The summed E-state index contributed by atoms with van der Waals surface area (Å²) in [4.78, 5) is 0. The largest absolute Gasteiger partial charge is 0.493 e. The number of nitrogens with two attached hydrogens (primary N) is 1. The van der Waals surface area contributed by atoms with Crippen molar-refractivity contribution >= 4 is 0 Å². The van der Waals surface area contributed by atoms with E-state index in [1.165, 1.54) is 22.3 Å². The smallest absolute Gasteiger partial charge is 0.122 e. The molecule has 2 N–H and O–H groups in total. The Labute approximate surface area is 153 Å². The number of hydrogen-bond donors (Lipinski definition) is 1. The van der Waals surface area contributed by atoms with Crippen LogP contribution in [0.15, 0.2) is 42.5 Å². The van der Waals surface area contributed by atoms with E-state index in [-0.39, 0.29) is 5.41 Å². The zero-order chi connectivity index (χ0) is 18.4. The summed E-state index contributed by atoms with van der Waals surface area (Å²) < 4.78 is 5.79. The van der Waals surface area contributed by atoms with Crippen molar-refractivity contribution in [1.29, 1.82) is 0 Å². The van der Waals surface area contributed by atoms with Crippen molar-refractivity contribution in [3.63, 3.8) is 0 Å². The van der Waals surface area contributed by atoms with Gasteiger partial charge in [-0.25, -0.2) is 0 Å². The molecule has 2 aromatic rings. The minimum atomic E-state index is 0.192. The van der Waals surface area contributed by atoms with Gasteiger partial charge in [-0.3, -0.25) is 0 Å². The zero-order valence-corrected chi connectivity index (χ0v) is 16.4. The van der Waals surface area contributed by atoms with Crippen LogP contribution in [0.3, 0.4) is 0 Å². The van der Waals surface area contributed by atoms with Gasteiger partial charge in [-0.2, -0.15) is 0 Å². The number of ether oxygens (including phenoxy) is 1. The second kappa shape index (κ2) is 8.53. The molecule has 0 aliphatic heterocycles. The van der Waals surface area contributed by atoms with Gasteiger partial charge in [0.2, 0.25) is 0 Å². The topological polar surface area (TPSA) is 35.2 Å². The van der Waals surface area contributed by atoms with Gasteiger partial charge in [0.15, 0.2) is 0 Å². The fourth-order valence-electron chi connectivity index (χ4n) is 3.06. The molecule has 0 aromatic heterocycles. The Hall–Kier alpha value is -1.80. The number of hydrogen-bond acceptors (Lipinski definition) is 2. The first-order valence-electron chi connectivity index (χ1n) is 9.38. The summed E-state index contributed by atoms with van der Waals surface area (Å²) in [6.45, 7) is 12.4. The Balaban J connectivity index is 2.13. The summed E-state index contributed by atoms with van der Waals surface area (Å²) >= 11 is 0. The fourth-order valence-corrected chi connectivity index (χ4v) is 3.06. The lowest BCUT2D eigenvalue weighted by atomic mass is 9.85. The van der Waals surface area contributed by atoms with E-state index in [4.69, 9.17) is 10.5 Å². The van der Waals surface area contributed by atoms with Gasteiger partial charge in [-0.05, 0) is 60.0 Å². The lowest BCUT2D eigenvalue weighted by Gasteiger charge is -2.21. The Morgan fingerprint density at radius 3 is 2.24 bits per heavy atom. The van der Waals surface area contributed by atoms with Crippen LogP contribution in [0.5, 0.6) is 5.75 Å². The van der Waals surface area contributed by atoms with E-state index < -0.39 is 0 Å². The molecule has 0 amide bonds. The zero-order valence-electron chi connectivity index (χ0n) is 16.4. The predicted molar refractivity (Wildman–Crippen MR) is 108 cm³/mol. The first-order valence-corrected chi connectivity index (χ1v) is 9.38. The van der Waals surface area contributed by atoms with Crippen molar-refractivity contribution in [2.45, 2.75) is 58.8 Å². The molecule has 0 aliphatic rings. The van der Waals surface area contributed by atoms with Gasteiger partial charge in [0.25, 0.3) is 0 Å². The third kappa shape index (κ3) is 5.34. The molecule has 0 fully saturated rings. The van der Waals surface area contributed by atoms with Gasteiger partial charge in [0.05, 0.1) is 6.61 Å². The molecule has 0 spiro atoms. The van der Waals surface area contributed by atoms with Crippen molar-refractivity contribution in [3.8, 4) is 5.75 Å². The van der Waals surface area contributed by atoms with Crippen molar-refractivity contribution in [2.24, 2.45) is 5.73 Å². The molecule has 2 nitrogen and oxygen atoms in total. The highest BCUT2D eigenvalue weighted by atomic mass is 16.5. The Morgan fingerprint density at radius 2 is 1.72 bits per heavy atom. The summed E-state index contributed by atoms with van der Waals surface area (Å²) in [5.74, 6) is 1.32. The van der Waals surface area contributed by atoms with E-state index in [0.717, 1.165) is 25.2 Å². The van der Waals surface area contributed by atoms with Gasteiger partial charge in [-0.15, -0.1) is 0 Å². The fraction of sp³-hybridized carbons (Fsp3) is 0.478. The summed E-state index contributed by atoms with van der Waals surface area (Å²) in [7, 11) is 0. The third-order valence-electron chi connectivity index (χ3n) is 4.72. The minimum absolute atomic E-state index is 0.192. The molecule has 2 heteroatoms. The van der Waals surface area contributed by atoms with Crippen LogP contribution in [0.2, 0.25) is 0 Å². The van der Waals surface area contributed by atoms with Crippen molar-refractivity contribution < 1.29 is 4.74 Å². The van der Waals surface area contributed by atoms with Crippen LogP contribution >= 0.6 is 0 Å². The Morgan fingerprint density at radius 1 is 1.04 bits per heavy atom. The Bertz CT molecular complexity index is 667. The maximum absolute atomic E-state index is 6.09. The quantitative estimate of drug-likeness (QED) is 0.736. The van der Waals surface area contributed by atoms with Crippen LogP contribution in [0.25, 0.3) is 0 Å². The highest BCUT2D eigenvalue weighted by Crippen LogP contribution is 2.27. The van der Waals surface area contributed by atoms with E-state index in [9.17, 15) is 0 Å². The van der Waals surface area contributed by atoms with E-state index in [1.807, 2.05) is 0 Å². The maximum atomic E-state index is 6.09. The SMILES string of the molecule is CCCOc1ccc(C(CN)Cc2ccc(C(C)(C)C)cc2)cc1C. The molecular formula is C23H33NO. The van der Waals surface area contributed by atoms with Gasteiger partial charge >= 0.3 is 0 Å². The molecule has 0 saturated heterocycles. The molecule has 2 aromatic carbocycles. The second-order valence-electron chi connectivity index (χ2n) is 7.96. The molecular weight excluding hydrogens is 306 g/mol. The summed E-state index contributed by atoms with van der Waals surface area (Å²) in [5, 5.41) is 0. The molecule has 136 valence electrons. The van der Waals surface area contributed by atoms with Gasteiger partial charge in [0.1, 0.15) is 5.75 Å². The Kier molecular flexibility index (Phi) is 6.66. The molecule has 0 bridgehead atoms. The van der Waals surface area contributed by atoms with Crippen LogP contribution in [0, 0.1) is 6.92 Å². The van der Waals surface area contributed by atoms with E-state index in [0.29, 0.717) is 12.5 Å². The summed E-state index contributed by atoms with van der Waals surface area (Å²) in [6.07, 6.45) is 1.99. The second-order valence-corrected chi connectivity index (χ2v) is 7.96. The lowest BCUT2D eigenvalue weighted by Crippen LogP contribution is -2.16. The highest BCUT2D eigenvalue weighted by Gasteiger charge is 2.15. The van der Waals surface area contributed by atoms with Crippen LogP contribution in [-0.4, -0.2) is 13.2 Å². The average Bonchev–Trinajstić information content (AvgIpc) is 2.58. The molecule has 2 rings (SSSR count). The normalized spacial score (nSPS) is 12.9. The van der Waals surface area contributed by atoms with Crippen molar-refractivity contribution in [1.82, 2.24) is 0 Å². The molecule has 0 heterocycles. The number of benzene rings is 2. The monoisotopic (exact) mass is 339 g/mol. The minimum Gasteiger partial charge on any atom is -0.493 e. The van der Waals surface area contributed by atoms with Crippen LogP contribution in [0.4, 0.5) is 0 Å². The van der Waals surface area contributed by atoms with Crippen LogP contribution in [-0.2, 0) is 11.8 Å². The van der Waals surface area contributed by atoms with Crippen LogP contribution < -0.4 is 10.5 Å². The molecule has 1 unspecified atom stereocenters. The molecule has 0 saturated carbocycles. The summed E-state index contributed by atoms with van der Waals surface area (Å²) in [6, 6.07) is 15.5. The number of aryl methyl sites for hydroxylation is 1. The van der Waals surface area contributed by atoms with E-state index >= 15 is 0 Å². The highest BCUT2D eigenvalue weighted by molar-refractivity contribution is 5.38. The van der Waals surface area contributed by atoms with E-state index in [1.54, 1.807) is 0 Å². The average molecular weight is 340 g/mol. The predicted octanol–water partition coefficient (Wildman–Crippen LogP) is 5.37. The maximum Gasteiger partial charge on any atom is 0.122 e. The van der Waals surface area contributed by atoms with Gasteiger partial charge in [0, 0.05) is 5.92 Å². The van der Waals surface area contributed by atoms with Gasteiger partial charge in [-0.1, -0.05) is 64.1 Å². The van der Waals surface area contributed by atoms with Gasteiger partial charge < -0.3 is 10.5 Å². The molecule has 1 atom stereocenters. The van der Waals surface area contributed by atoms with Crippen molar-refractivity contribution in [2.75, 3.05) is 13.2 Å². The molecule has 25 heavy (non-hydrogen) atoms. The van der Waals surface area contributed by atoms with Crippen LogP contribution in [0.1, 0.15) is 62.3 Å². The molecule has 0 aliphatic carbocycles. The number of rotatable bonds is 7. The third-order valence-corrected chi connectivity index (χ3v) is 4.72. The standard InChI is InChI=1S/C23H33NO/c1-6-13-25-22-12-9-19(14-17(22)2)20(16-24)15-18-7-10-21(11-8-18)23(3,4)5/h7-12,14,20H,6,13,15-16,24H2,1-5H3. The first-order chi connectivity index (χ1) is 11.8. The lowest BCUT2D eigenvalue weighted by molar-refractivity contribution is 0.315. The molecule has 0 radical (unpaired) electrons. The van der Waals surface area contributed by atoms with E-state index in [2.05, 4.69) is 77.1 Å². The van der Waals surface area contributed by atoms with Crippen molar-refractivity contribution in [3.05, 3.63) is 64.7 Å². The summed E-state index contributed by atoms with van der Waals surface area (Å²) in [5.41, 5.74) is 11.5.